The average molecular weight is 147 g/mol. The first-order valence-electron chi connectivity index (χ1n) is 2.83. The third kappa shape index (κ3) is 2.39. The lowest BCUT2D eigenvalue weighted by molar-refractivity contribution is 0.0848. The van der Waals surface area contributed by atoms with E-state index >= 15 is 0 Å². The molecule has 51 valence electrons. The first-order chi connectivity index (χ1) is 4.43. The van der Waals surface area contributed by atoms with Crippen LogP contribution in [0.5, 0.6) is 0 Å². The van der Waals surface area contributed by atoms with Crippen molar-refractivity contribution in [1.82, 2.24) is 0 Å². The fraction of sp³-hybridized carbons (Fsp3) is 0.800. The van der Waals surface area contributed by atoms with E-state index in [9.17, 15) is 4.57 Å². The molecule has 0 amide bonds. The first-order valence-corrected chi connectivity index (χ1v) is 3.56. The van der Waals surface area contributed by atoms with E-state index in [1.807, 2.05) is 6.42 Å². The highest BCUT2D eigenvalue weighted by Crippen LogP contribution is 2.12. The molecule has 1 heterocycles. The zero-order chi connectivity index (χ0) is 6.53. The molecule has 0 N–H and O–H groups in total. The summed E-state index contributed by atoms with van der Waals surface area (Å²) >= 11 is 0. The summed E-state index contributed by atoms with van der Waals surface area (Å²) in [6, 6.07) is 0. The smallest absolute Gasteiger partial charge is 0.327 e. The van der Waals surface area contributed by atoms with Crippen LogP contribution in [-0.4, -0.2) is 19.3 Å². The molecule has 4 heteroatoms. The molecular weight excluding hydrogens is 139 g/mol. The monoisotopic (exact) mass is 147 g/mol. The summed E-state index contributed by atoms with van der Waals surface area (Å²) in [6.07, 6.45) is 3.06. The van der Waals surface area contributed by atoms with Gasteiger partial charge >= 0.3 is 8.69 Å². The highest BCUT2D eigenvalue weighted by molar-refractivity contribution is 7.17. The van der Waals surface area contributed by atoms with E-state index < -0.39 is 0 Å². The number of rotatable bonds is 3. The molecule has 1 saturated heterocycles. The van der Waals surface area contributed by atoms with E-state index in [1.54, 1.807) is 0 Å². The second kappa shape index (κ2) is 3.94. The average Bonchev–Trinajstić information content (AvgIpc) is 2.34. The van der Waals surface area contributed by atoms with Gasteiger partial charge in [-0.1, -0.05) is 0 Å². The van der Waals surface area contributed by atoms with E-state index in [1.165, 1.54) is 0 Å². The summed E-state index contributed by atoms with van der Waals surface area (Å²) in [5.41, 5.74) is 0. The van der Waals surface area contributed by atoms with Gasteiger partial charge < -0.3 is 4.74 Å². The molecule has 0 spiro atoms. The van der Waals surface area contributed by atoms with Crippen molar-refractivity contribution < 1.29 is 13.8 Å². The van der Waals surface area contributed by atoms with Crippen molar-refractivity contribution in [1.29, 1.82) is 0 Å². The van der Waals surface area contributed by atoms with Gasteiger partial charge in [0.2, 0.25) is 0 Å². The fourth-order valence-electron chi connectivity index (χ4n) is 0.761. The van der Waals surface area contributed by atoms with E-state index in [-0.39, 0.29) is 14.8 Å². The third-order valence-corrected chi connectivity index (χ3v) is 1.43. The second-order valence-corrected chi connectivity index (χ2v) is 2.21. The maximum Gasteiger partial charge on any atom is 0.327 e. The Morgan fingerprint density at radius 1 is 1.89 bits per heavy atom. The highest BCUT2D eigenvalue weighted by atomic mass is 31.1. The van der Waals surface area contributed by atoms with E-state index in [0.717, 1.165) is 13.0 Å². The highest BCUT2D eigenvalue weighted by Gasteiger charge is 2.15. The maximum absolute atomic E-state index is 9.77. The minimum absolute atomic E-state index is 0.0615. The minimum atomic E-state index is -0.264. The lowest BCUT2D eigenvalue weighted by Crippen LogP contribution is -2.10. The van der Waals surface area contributed by atoms with Crippen LogP contribution in [-0.2, 0) is 13.8 Å². The van der Waals surface area contributed by atoms with Gasteiger partial charge in [0.05, 0.1) is 12.7 Å². The fourth-order valence-corrected chi connectivity index (χ4v) is 0.969. The summed E-state index contributed by atoms with van der Waals surface area (Å²) < 4.78 is 19.5. The van der Waals surface area contributed by atoms with Gasteiger partial charge in [-0.05, 0) is 12.8 Å². The predicted octanol–water partition coefficient (Wildman–Crippen LogP) is 1.20. The van der Waals surface area contributed by atoms with Crippen molar-refractivity contribution in [3.63, 3.8) is 0 Å². The number of ether oxygens (including phenoxy) is 1. The zero-order valence-electron chi connectivity index (χ0n) is 4.95. The Labute approximate surface area is 55.6 Å². The van der Waals surface area contributed by atoms with Crippen LogP contribution in [0.25, 0.3) is 0 Å². The first kappa shape index (κ1) is 7.13. The Kier molecular flexibility index (Phi) is 3.12. The largest absolute Gasteiger partial charge is 0.375 e. The van der Waals surface area contributed by atoms with Crippen LogP contribution < -0.4 is 0 Å². The number of hydrogen-bond acceptors (Lipinski definition) is 3. The molecule has 9 heavy (non-hydrogen) atoms. The normalized spacial score (nSPS) is 27.3. The molecule has 1 atom stereocenters. The molecule has 0 bridgehead atoms. The van der Waals surface area contributed by atoms with Crippen LogP contribution in [0.2, 0.25) is 0 Å². The minimum Gasteiger partial charge on any atom is -0.375 e. The lowest BCUT2D eigenvalue weighted by atomic mass is 10.2. The van der Waals surface area contributed by atoms with Gasteiger partial charge in [-0.3, -0.25) is 4.52 Å². The Bertz CT molecular complexity index is 90.2. The quantitative estimate of drug-likeness (QED) is 0.562. The Balaban J connectivity index is 2.04. The van der Waals surface area contributed by atoms with Crippen molar-refractivity contribution in [2.24, 2.45) is 0 Å². The maximum atomic E-state index is 9.77. The topological polar surface area (TPSA) is 35.5 Å². The van der Waals surface area contributed by atoms with Gasteiger partial charge in [-0.2, -0.15) is 0 Å². The van der Waals surface area contributed by atoms with E-state index in [2.05, 4.69) is 4.52 Å². The molecule has 0 aromatic carbocycles. The second-order valence-electron chi connectivity index (χ2n) is 1.80. The molecule has 0 aromatic rings. The van der Waals surface area contributed by atoms with Crippen LogP contribution in [0.15, 0.2) is 0 Å². The summed E-state index contributed by atoms with van der Waals surface area (Å²) in [7, 11) is -0.264. The van der Waals surface area contributed by atoms with Crippen molar-refractivity contribution >= 4 is 8.69 Å². The van der Waals surface area contributed by atoms with Crippen molar-refractivity contribution in [2.45, 2.75) is 12.5 Å². The van der Waals surface area contributed by atoms with Gasteiger partial charge in [0, 0.05) is 6.61 Å². The van der Waals surface area contributed by atoms with Crippen LogP contribution >= 0.6 is 8.69 Å². The molecule has 3 nitrogen and oxygen atoms in total. The molecule has 1 aliphatic rings. The molecule has 1 unspecified atom stereocenters. The van der Waals surface area contributed by atoms with Crippen LogP contribution in [0.1, 0.15) is 6.42 Å². The molecule has 0 saturated carbocycles. The summed E-state index contributed by atoms with van der Waals surface area (Å²) in [6.45, 7) is 1.18. The SMILES string of the molecule is O=POCC1[CH]CCO1. The molecule has 0 aliphatic carbocycles. The van der Waals surface area contributed by atoms with Crippen LogP contribution in [0.4, 0.5) is 0 Å². The van der Waals surface area contributed by atoms with Gasteiger partial charge in [0.1, 0.15) is 0 Å². The predicted molar refractivity (Wildman–Crippen MR) is 32.2 cm³/mol. The summed E-state index contributed by atoms with van der Waals surface area (Å²) in [5.74, 6) is 0. The van der Waals surface area contributed by atoms with Gasteiger partial charge in [-0.25, -0.2) is 4.57 Å². The van der Waals surface area contributed by atoms with Gasteiger partial charge in [0.25, 0.3) is 0 Å². The Hall–Kier alpha value is 0.0200. The molecule has 1 radical (unpaired) electrons. The van der Waals surface area contributed by atoms with Crippen LogP contribution in [0, 0.1) is 6.42 Å². The van der Waals surface area contributed by atoms with Gasteiger partial charge in [0.15, 0.2) is 0 Å². The van der Waals surface area contributed by atoms with E-state index in [4.69, 9.17) is 4.74 Å². The molecule has 0 aromatic heterocycles. The van der Waals surface area contributed by atoms with Crippen molar-refractivity contribution in [2.75, 3.05) is 13.2 Å². The van der Waals surface area contributed by atoms with Crippen molar-refractivity contribution in [3.05, 3.63) is 6.42 Å². The van der Waals surface area contributed by atoms with E-state index in [0.29, 0.717) is 6.61 Å². The summed E-state index contributed by atoms with van der Waals surface area (Å²) in [4.78, 5) is 0. The Morgan fingerprint density at radius 2 is 2.78 bits per heavy atom. The number of hydrogen-bond donors (Lipinski definition) is 0. The standard InChI is InChI=1S/C5H8O3P/c6-9-8-4-5-2-1-3-7-5/h2,5H,1,3-4H2. The lowest BCUT2D eigenvalue weighted by Gasteiger charge is -2.03. The molecule has 1 rings (SSSR count). The summed E-state index contributed by atoms with van der Waals surface area (Å²) in [5, 5.41) is 0. The molecule has 1 fully saturated rings. The molecule has 1 aliphatic heterocycles. The molecular formula is C5H8O3P. The Morgan fingerprint density at radius 3 is 3.33 bits per heavy atom. The zero-order valence-corrected chi connectivity index (χ0v) is 5.84. The van der Waals surface area contributed by atoms with Crippen molar-refractivity contribution in [3.8, 4) is 0 Å². The third-order valence-electron chi connectivity index (χ3n) is 1.17. The van der Waals surface area contributed by atoms with Gasteiger partial charge in [-0.15, -0.1) is 0 Å². The van der Waals surface area contributed by atoms with Crippen LogP contribution in [0.3, 0.4) is 0 Å².